The Balaban J connectivity index is 2.25. The first kappa shape index (κ1) is 19.3. The van der Waals surface area contributed by atoms with Gasteiger partial charge in [-0.1, -0.05) is 42.5 Å². The SMILES string of the molecule is COC(=O)c1c(-c2ccc(CCO)cc2)nn(-c2ccccc2)c1C(=O)OC. The number of benzene rings is 2. The topological polar surface area (TPSA) is 90.6 Å². The van der Waals surface area contributed by atoms with Crippen LogP contribution in [-0.4, -0.2) is 47.7 Å². The van der Waals surface area contributed by atoms with E-state index in [2.05, 4.69) is 5.10 Å². The number of hydrogen-bond donors (Lipinski definition) is 1. The summed E-state index contributed by atoms with van der Waals surface area (Å²) in [6, 6.07) is 16.2. The van der Waals surface area contributed by atoms with E-state index in [9.17, 15) is 9.59 Å². The van der Waals surface area contributed by atoms with E-state index in [1.807, 2.05) is 18.2 Å². The van der Waals surface area contributed by atoms with Crippen molar-refractivity contribution >= 4 is 11.9 Å². The zero-order chi connectivity index (χ0) is 20.1. The lowest BCUT2D eigenvalue weighted by molar-refractivity contribution is 0.0549. The number of carbonyl (C=O) groups is 2. The molecule has 3 rings (SSSR count). The van der Waals surface area contributed by atoms with Gasteiger partial charge in [-0.3, -0.25) is 0 Å². The van der Waals surface area contributed by atoms with Crippen LogP contribution in [0.25, 0.3) is 16.9 Å². The smallest absolute Gasteiger partial charge is 0.357 e. The van der Waals surface area contributed by atoms with Crippen LogP contribution in [0.1, 0.15) is 26.4 Å². The molecular weight excluding hydrogens is 360 g/mol. The Morgan fingerprint density at radius 3 is 2.18 bits per heavy atom. The second-order valence-electron chi connectivity index (χ2n) is 5.97. The van der Waals surface area contributed by atoms with E-state index in [1.54, 1.807) is 36.4 Å². The average molecular weight is 380 g/mol. The van der Waals surface area contributed by atoms with E-state index in [0.29, 0.717) is 23.4 Å². The largest absolute Gasteiger partial charge is 0.465 e. The third-order valence-corrected chi connectivity index (χ3v) is 4.28. The van der Waals surface area contributed by atoms with E-state index in [-0.39, 0.29) is 17.9 Å². The van der Waals surface area contributed by atoms with Crippen LogP contribution in [0, 0.1) is 0 Å². The number of aliphatic hydroxyl groups is 1. The van der Waals surface area contributed by atoms with Gasteiger partial charge in [-0.05, 0) is 24.1 Å². The summed E-state index contributed by atoms with van der Waals surface area (Å²) in [5.74, 6) is -1.38. The molecule has 1 N–H and O–H groups in total. The van der Waals surface area contributed by atoms with Gasteiger partial charge >= 0.3 is 11.9 Å². The van der Waals surface area contributed by atoms with Gasteiger partial charge < -0.3 is 14.6 Å². The summed E-state index contributed by atoms with van der Waals surface area (Å²) in [6.45, 7) is 0.0435. The molecule has 0 radical (unpaired) electrons. The molecule has 0 spiro atoms. The Morgan fingerprint density at radius 1 is 0.964 bits per heavy atom. The van der Waals surface area contributed by atoms with Crippen molar-refractivity contribution in [3.8, 4) is 16.9 Å². The maximum absolute atomic E-state index is 12.5. The standard InChI is InChI=1S/C21H20N2O5/c1-27-20(25)17-18(15-10-8-14(9-11-15)12-13-24)22-23(19(17)21(26)28-2)16-6-4-3-5-7-16/h3-11,24H,12-13H2,1-2H3. The highest BCUT2D eigenvalue weighted by Gasteiger charge is 2.31. The number of para-hydroxylation sites is 1. The molecule has 0 aliphatic carbocycles. The van der Waals surface area contributed by atoms with Crippen molar-refractivity contribution < 1.29 is 24.2 Å². The molecular formula is C21H20N2O5. The molecule has 2 aromatic carbocycles. The second-order valence-corrected chi connectivity index (χ2v) is 5.97. The van der Waals surface area contributed by atoms with Gasteiger partial charge in [-0.2, -0.15) is 5.10 Å². The summed E-state index contributed by atoms with van der Waals surface area (Å²) < 4.78 is 11.2. The number of methoxy groups -OCH3 is 2. The minimum Gasteiger partial charge on any atom is -0.465 e. The summed E-state index contributed by atoms with van der Waals surface area (Å²) >= 11 is 0. The first-order valence-corrected chi connectivity index (χ1v) is 8.66. The summed E-state index contributed by atoms with van der Waals surface area (Å²) in [6.07, 6.45) is 0.524. The van der Waals surface area contributed by atoms with E-state index < -0.39 is 11.9 Å². The van der Waals surface area contributed by atoms with Crippen molar-refractivity contribution in [1.82, 2.24) is 9.78 Å². The van der Waals surface area contributed by atoms with Crippen LogP contribution in [0.15, 0.2) is 54.6 Å². The monoisotopic (exact) mass is 380 g/mol. The number of esters is 2. The highest BCUT2D eigenvalue weighted by Crippen LogP contribution is 2.29. The molecule has 0 aliphatic rings. The summed E-state index contributed by atoms with van der Waals surface area (Å²) in [5, 5.41) is 13.6. The van der Waals surface area contributed by atoms with Crippen molar-refractivity contribution in [3.05, 3.63) is 71.4 Å². The number of ether oxygens (including phenoxy) is 2. The molecule has 1 aromatic heterocycles. The quantitative estimate of drug-likeness (QED) is 0.661. The average Bonchev–Trinajstić information content (AvgIpc) is 3.14. The fourth-order valence-corrected chi connectivity index (χ4v) is 2.92. The van der Waals surface area contributed by atoms with Gasteiger partial charge in [0.1, 0.15) is 11.3 Å². The molecule has 7 nitrogen and oxygen atoms in total. The lowest BCUT2D eigenvalue weighted by Crippen LogP contribution is -2.15. The van der Waals surface area contributed by atoms with Gasteiger partial charge in [0.2, 0.25) is 0 Å². The Bertz CT molecular complexity index is 978. The zero-order valence-corrected chi connectivity index (χ0v) is 15.6. The lowest BCUT2D eigenvalue weighted by atomic mass is 10.0. The van der Waals surface area contributed by atoms with Crippen molar-refractivity contribution in [2.45, 2.75) is 6.42 Å². The van der Waals surface area contributed by atoms with Crippen LogP contribution < -0.4 is 0 Å². The Morgan fingerprint density at radius 2 is 1.61 bits per heavy atom. The van der Waals surface area contributed by atoms with Crippen LogP contribution in [0.5, 0.6) is 0 Å². The molecule has 0 bridgehead atoms. The van der Waals surface area contributed by atoms with Crippen LogP contribution in [0.3, 0.4) is 0 Å². The number of hydrogen-bond acceptors (Lipinski definition) is 6. The summed E-state index contributed by atoms with van der Waals surface area (Å²) in [5.41, 5.74) is 2.54. The maximum Gasteiger partial charge on any atom is 0.357 e. The molecule has 0 unspecified atom stereocenters. The molecule has 0 saturated carbocycles. The Hall–Kier alpha value is -3.45. The van der Waals surface area contributed by atoms with Crippen molar-refractivity contribution in [1.29, 1.82) is 0 Å². The predicted octanol–water partition coefficient (Wildman–Crippen LogP) is 2.65. The van der Waals surface area contributed by atoms with Gasteiger partial charge in [0.15, 0.2) is 5.69 Å². The molecule has 0 amide bonds. The van der Waals surface area contributed by atoms with Gasteiger partial charge in [-0.25, -0.2) is 14.3 Å². The van der Waals surface area contributed by atoms with Crippen LogP contribution in [0.4, 0.5) is 0 Å². The van der Waals surface area contributed by atoms with Gasteiger partial charge in [-0.15, -0.1) is 0 Å². The number of rotatable bonds is 6. The molecule has 3 aromatic rings. The highest BCUT2D eigenvalue weighted by atomic mass is 16.5. The first-order chi connectivity index (χ1) is 13.6. The molecule has 1 heterocycles. The van der Waals surface area contributed by atoms with E-state index >= 15 is 0 Å². The number of carbonyl (C=O) groups excluding carboxylic acids is 2. The van der Waals surface area contributed by atoms with Crippen molar-refractivity contribution in [2.24, 2.45) is 0 Å². The predicted molar refractivity (Wildman–Crippen MR) is 102 cm³/mol. The fourth-order valence-electron chi connectivity index (χ4n) is 2.92. The first-order valence-electron chi connectivity index (χ1n) is 8.66. The zero-order valence-electron chi connectivity index (χ0n) is 15.6. The lowest BCUT2D eigenvalue weighted by Gasteiger charge is -2.07. The van der Waals surface area contributed by atoms with Crippen LogP contribution in [-0.2, 0) is 15.9 Å². The minimum absolute atomic E-state index is 0.00464. The number of aromatic nitrogens is 2. The van der Waals surface area contributed by atoms with E-state index in [0.717, 1.165) is 5.56 Å². The third-order valence-electron chi connectivity index (χ3n) is 4.28. The van der Waals surface area contributed by atoms with E-state index in [1.165, 1.54) is 18.9 Å². The molecule has 144 valence electrons. The molecule has 0 fully saturated rings. The maximum atomic E-state index is 12.5. The van der Waals surface area contributed by atoms with Gasteiger partial charge in [0.05, 0.1) is 19.9 Å². The fraction of sp³-hybridized carbons (Fsp3) is 0.190. The number of nitrogens with zero attached hydrogens (tertiary/aromatic N) is 2. The molecule has 0 aliphatic heterocycles. The minimum atomic E-state index is -0.695. The molecule has 0 atom stereocenters. The van der Waals surface area contributed by atoms with Crippen LogP contribution >= 0.6 is 0 Å². The van der Waals surface area contributed by atoms with Gasteiger partial charge in [0.25, 0.3) is 0 Å². The highest BCUT2D eigenvalue weighted by molar-refractivity contribution is 6.06. The Kier molecular flexibility index (Phi) is 5.86. The Labute approximate surface area is 162 Å². The summed E-state index contributed by atoms with van der Waals surface area (Å²) in [4.78, 5) is 25.1. The van der Waals surface area contributed by atoms with Crippen molar-refractivity contribution in [3.63, 3.8) is 0 Å². The number of aliphatic hydroxyl groups excluding tert-OH is 1. The second kappa shape index (κ2) is 8.49. The van der Waals surface area contributed by atoms with Crippen molar-refractivity contribution in [2.75, 3.05) is 20.8 Å². The molecule has 0 saturated heterocycles. The third kappa shape index (κ3) is 3.65. The molecule has 28 heavy (non-hydrogen) atoms. The van der Waals surface area contributed by atoms with E-state index in [4.69, 9.17) is 14.6 Å². The van der Waals surface area contributed by atoms with Crippen LogP contribution in [0.2, 0.25) is 0 Å². The molecule has 7 heteroatoms. The summed E-state index contributed by atoms with van der Waals surface area (Å²) in [7, 11) is 2.49. The van der Waals surface area contributed by atoms with Gasteiger partial charge in [0, 0.05) is 12.2 Å². The normalized spacial score (nSPS) is 10.5.